The van der Waals surface area contributed by atoms with Gasteiger partial charge in [-0.3, -0.25) is 4.79 Å². The lowest BCUT2D eigenvalue weighted by molar-refractivity contribution is -0.149. The van der Waals surface area contributed by atoms with Gasteiger partial charge < -0.3 is 25.5 Å². The monoisotopic (exact) mass is 415 g/mol. The Morgan fingerprint density at radius 2 is 1.90 bits per heavy atom. The largest absolute Gasteiger partial charge is 0.456 e. The number of fused-ring (bicyclic) bond motifs is 3. The van der Waals surface area contributed by atoms with Crippen LogP contribution in [0.5, 0.6) is 0 Å². The van der Waals surface area contributed by atoms with Gasteiger partial charge in [-0.2, -0.15) is 11.8 Å². The second kappa shape index (κ2) is 9.33. The Morgan fingerprint density at radius 3 is 2.66 bits per heavy atom. The molecule has 2 aromatic carbocycles. The second-order valence-electron chi connectivity index (χ2n) is 6.31. The molecule has 0 aliphatic carbocycles. The minimum absolute atomic E-state index is 0.356. The van der Waals surface area contributed by atoms with Gasteiger partial charge in [-0.25, -0.2) is 9.59 Å². The molecule has 0 saturated heterocycles. The van der Waals surface area contributed by atoms with E-state index in [-0.39, 0.29) is 0 Å². The maximum absolute atomic E-state index is 12.2. The van der Waals surface area contributed by atoms with Crippen LogP contribution in [-0.2, 0) is 14.3 Å². The van der Waals surface area contributed by atoms with Gasteiger partial charge in [0.1, 0.15) is 17.2 Å². The number of benzene rings is 2. The summed E-state index contributed by atoms with van der Waals surface area (Å²) in [6.45, 7) is -0.473. The molecular weight excluding hydrogens is 394 g/mol. The number of primary amides is 1. The second-order valence-corrected chi connectivity index (χ2v) is 7.29. The number of amides is 3. The van der Waals surface area contributed by atoms with Gasteiger partial charge in [0.05, 0.1) is 0 Å². The molecule has 8 nitrogen and oxygen atoms in total. The summed E-state index contributed by atoms with van der Waals surface area (Å²) in [6.07, 6.45) is 2.23. The number of ether oxygens (including phenoxy) is 1. The molecule has 1 heterocycles. The fourth-order valence-electron chi connectivity index (χ4n) is 2.89. The molecule has 29 heavy (non-hydrogen) atoms. The summed E-state index contributed by atoms with van der Waals surface area (Å²) < 4.78 is 10.8. The van der Waals surface area contributed by atoms with Gasteiger partial charge in [-0.15, -0.1) is 0 Å². The average Bonchev–Trinajstić information content (AvgIpc) is 3.07. The fourth-order valence-corrected chi connectivity index (χ4v) is 3.37. The summed E-state index contributed by atoms with van der Waals surface area (Å²) in [5.41, 5.74) is 7.12. The molecule has 3 amide bonds. The van der Waals surface area contributed by atoms with Gasteiger partial charge in [0, 0.05) is 16.5 Å². The van der Waals surface area contributed by atoms with E-state index in [2.05, 4.69) is 10.6 Å². The van der Waals surface area contributed by atoms with E-state index in [0.29, 0.717) is 23.4 Å². The van der Waals surface area contributed by atoms with Crippen molar-refractivity contribution < 1.29 is 23.5 Å². The predicted molar refractivity (Wildman–Crippen MR) is 113 cm³/mol. The number of anilines is 1. The zero-order chi connectivity index (χ0) is 20.8. The van der Waals surface area contributed by atoms with Gasteiger partial charge in [0.2, 0.25) is 0 Å². The molecule has 0 aliphatic rings. The lowest BCUT2D eigenvalue weighted by Gasteiger charge is -2.15. The number of nitrogens with one attached hydrogen (secondary N) is 2. The van der Waals surface area contributed by atoms with Crippen molar-refractivity contribution in [3.8, 4) is 0 Å². The number of carbonyl (C=O) groups excluding carboxylic acids is 3. The third-order valence-electron chi connectivity index (χ3n) is 4.22. The Labute approximate surface area is 171 Å². The molecule has 1 atom stereocenters. The van der Waals surface area contributed by atoms with Crippen LogP contribution in [0, 0.1) is 0 Å². The number of carbonyl (C=O) groups is 3. The van der Waals surface area contributed by atoms with E-state index >= 15 is 0 Å². The molecule has 0 spiro atoms. The quantitative estimate of drug-likeness (QED) is 0.486. The molecule has 1 aromatic heterocycles. The molecule has 3 rings (SSSR count). The van der Waals surface area contributed by atoms with E-state index in [9.17, 15) is 14.4 Å². The predicted octanol–water partition coefficient (Wildman–Crippen LogP) is 2.86. The molecule has 0 fully saturated rings. The van der Waals surface area contributed by atoms with Crippen LogP contribution in [-0.4, -0.2) is 42.6 Å². The molecule has 152 valence electrons. The van der Waals surface area contributed by atoms with Crippen molar-refractivity contribution in [1.29, 1.82) is 0 Å². The van der Waals surface area contributed by atoms with Crippen LogP contribution < -0.4 is 16.4 Å². The average molecular weight is 415 g/mol. The van der Waals surface area contributed by atoms with Gasteiger partial charge >= 0.3 is 12.0 Å². The molecular formula is C20H21N3O5S. The maximum Gasteiger partial charge on any atom is 0.329 e. The van der Waals surface area contributed by atoms with Gasteiger partial charge in [0.25, 0.3) is 5.91 Å². The highest BCUT2D eigenvalue weighted by Gasteiger charge is 2.22. The van der Waals surface area contributed by atoms with Crippen molar-refractivity contribution in [2.45, 2.75) is 12.5 Å². The molecule has 0 bridgehead atoms. The summed E-state index contributed by atoms with van der Waals surface area (Å²) in [4.78, 5) is 35.4. The number of furan rings is 1. The minimum Gasteiger partial charge on any atom is -0.456 e. The van der Waals surface area contributed by atoms with E-state index in [1.54, 1.807) is 18.2 Å². The van der Waals surface area contributed by atoms with Crippen LogP contribution in [0.4, 0.5) is 10.5 Å². The Balaban J connectivity index is 1.61. The van der Waals surface area contributed by atoms with Crippen molar-refractivity contribution in [1.82, 2.24) is 5.32 Å². The van der Waals surface area contributed by atoms with Crippen LogP contribution in [0.25, 0.3) is 21.9 Å². The first-order valence-corrected chi connectivity index (χ1v) is 10.3. The third kappa shape index (κ3) is 5.20. The van der Waals surface area contributed by atoms with Gasteiger partial charge in [-0.1, -0.05) is 18.2 Å². The Bertz CT molecular complexity index is 1050. The van der Waals surface area contributed by atoms with Crippen molar-refractivity contribution in [2.24, 2.45) is 5.73 Å². The number of urea groups is 1. The van der Waals surface area contributed by atoms with Gasteiger partial charge in [-0.05, 0) is 42.7 Å². The van der Waals surface area contributed by atoms with Gasteiger partial charge in [0.15, 0.2) is 6.61 Å². The Morgan fingerprint density at radius 1 is 1.14 bits per heavy atom. The SMILES string of the molecule is CSCC[C@H](NC(N)=O)C(=O)OCC(=O)Nc1ccc2oc3ccccc3c2c1. The number of esters is 1. The number of hydrogen-bond acceptors (Lipinski definition) is 6. The van der Waals surface area contributed by atoms with Crippen LogP contribution in [0.15, 0.2) is 46.9 Å². The Hall–Kier alpha value is -3.20. The van der Waals surface area contributed by atoms with E-state index in [1.165, 1.54) is 11.8 Å². The van der Waals surface area contributed by atoms with E-state index < -0.39 is 30.6 Å². The first-order chi connectivity index (χ1) is 14.0. The highest BCUT2D eigenvalue weighted by atomic mass is 32.2. The number of nitrogens with two attached hydrogens (primary N) is 1. The summed E-state index contributed by atoms with van der Waals surface area (Å²) in [6, 6.07) is 11.2. The molecule has 4 N–H and O–H groups in total. The fraction of sp³-hybridized carbons (Fsp3) is 0.250. The summed E-state index contributed by atoms with van der Waals surface area (Å²) in [7, 11) is 0. The van der Waals surface area contributed by atoms with Crippen molar-refractivity contribution >= 4 is 57.3 Å². The lowest BCUT2D eigenvalue weighted by atomic mass is 10.1. The van der Waals surface area contributed by atoms with E-state index in [4.69, 9.17) is 14.9 Å². The molecule has 9 heteroatoms. The van der Waals surface area contributed by atoms with Crippen molar-refractivity contribution in [3.05, 3.63) is 42.5 Å². The number of para-hydroxylation sites is 1. The lowest BCUT2D eigenvalue weighted by Crippen LogP contribution is -2.45. The zero-order valence-electron chi connectivity index (χ0n) is 15.8. The smallest absolute Gasteiger partial charge is 0.329 e. The molecule has 3 aromatic rings. The Kier molecular flexibility index (Phi) is 6.61. The van der Waals surface area contributed by atoms with Crippen molar-refractivity contribution in [3.63, 3.8) is 0 Å². The van der Waals surface area contributed by atoms with Crippen LogP contribution >= 0.6 is 11.8 Å². The zero-order valence-corrected chi connectivity index (χ0v) is 16.6. The molecule has 0 aliphatic heterocycles. The van der Waals surface area contributed by atoms with E-state index in [1.807, 2.05) is 30.5 Å². The maximum atomic E-state index is 12.2. The highest BCUT2D eigenvalue weighted by Crippen LogP contribution is 2.30. The first-order valence-electron chi connectivity index (χ1n) is 8.90. The molecule has 0 saturated carbocycles. The standard InChI is InChI=1S/C20H21N3O5S/c1-29-9-8-15(23-20(21)26)19(25)27-11-18(24)22-12-6-7-17-14(10-12)13-4-2-3-5-16(13)28-17/h2-7,10,15H,8-9,11H2,1H3,(H,22,24)(H3,21,23,26)/t15-/m0/s1. The third-order valence-corrected chi connectivity index (χ3v) is 4.86. The number of hydrogen-bond donors (Lipinski definition) is 3. The normalized spacial score (nSPS) is 11.9. The minimum atomic E-state index is -0.888. The van der Waals surface area contributed by atoms with Crippen LogP contribution in [0.1, 0.15) is 6.42 Å². The van der Waals surface area contributed by atoms with Crippen LogP contribution in [0.3, 0.4) is 0 Å². The first kappa shape index (κ1) is 20.5. The topological polar surface area (TPSA) is 124 Å². The summed E-state index contributed by atoms with van der Waals surface area (Å²) >= 11 is 1.52. The highest BCUT2D eigenvalue weighted by molar-refractivity contribution is 7.98. The molecule has 0 radical (unpaired) electrons. The van der Waals surface area contributed by atoms with E-state index in [0.717, 1.165) is 16.4 Å². The summed E-state index contributed by atoms with van der Waals surface area (Å²) in [5, 5.41) is 6.84. The number of rotatable bonds is 8. The van der Waals surface area contributed by atoms with Crippen LogP contribution in [0.2, 0.25) is 0 Å². The number of thioether (sulfide) groups is 1. The molecule has 0 unspecified atom stereocenters. The van der Waals surface area contributed by atoms with Crippen molar-refractivity contribution in [2.75, 3.05) is 23.9 Å². The summed E-state index contributed by atoms with van der Waals surface area (Å²) in [5.74, 6) is -0.567.